The summed E-state index contributed by atoms with van der Waals surface area (Å²) in [4.78, 5) is 61.4. The molecule has 0 radical (unpaired) electrons. The van der Waals surface area contributed by atoms with Crippen LogP contribution in [0.3, 0.4) is 0 Å². The van der Waals surface area contributed by atoms with Gasteiger partial charge in [0.25, 0.3) is 23.4 Å². The lowest BCUT2D eigenvalue weighted by molar-refractivity contribution is -0.384. The number of nitrogens with one attached hydrogen (secondary N) is 2. The van der Waals surface area contributed by atoms with Crippen LogP contribution in [-0.2, 0) is 14.4 Å². The van der Waals surface area contributed by atoms with Crippen molar-refractivity contribution in [3.05, 3.63) is 93.5 Å². The number of nitro groups is 1. The number of benzene rings is 3. The lowest BCUT2D eigenvalue weighted by atomic mass is 10.1. The zero-order chi connectivity index (χ0) is 28.1. The molecule has 12 heteroatoms. The molecule has 1 saturated heterocycles. The summed E-state index contributed by atoms with van der Waals surface area (Å²) in [6.07, 6.45) is 1.24. The van der Waals surface area contributed by atoms with Crippen molar-refractivity contribution in [2.24, 2.45) is 0 Å². The van der Waals surface area contributed by atoms with Crippen LogP contribution in [0.4, 0.5) is 21.9 Å². The SMILES string of the molecule is COc1cc(/C=C2/C(=O)NC(=O)N(c3cccc([N+](=O)[O-])c3)C2=O)ccc1OCC(=O)Nc1ccccc1C. The van der Waals surface area contributed by atoms with Gasteiger partial charge in [-0.15, -0.1) is 0 Å². The number of anilines is 2. The molecule has 0 saturated carbocycles. The number of non-ortho nitro benzene ring substituents is 1. The first-order valence-corrected chi connectivity index (χ1v) is 11.5. The zero-order valence-electron chi connectivity index (χ0n) is 20.8. The number of carbonyl (C=O) groups is 4. The molecule has 0 spiro atoms. The van der Waals surface area contributed by atoms with Gasteiger partial charge in [0.2, 0.25) is 0 Å². The van der Waals surface area contributed by atoms with Gasteiger partial charge in [0, 0.05) is 17.8 Å². The molecule has 0 bridgehead atoms. The number of rotatable bonds is 8. The second kappa shape index (κ2) is 11.3. The number of nitro benzene ring substituents is 1. The molecule has 12 nitrogen and oxygen atoms in total. The van der Waals surface area contributed by atoms with E-state index in [0.29, 0.717) is 16.2 Å². The smallest absolute Gasteiger partial charge is 0.335 e. The number of carbonyl (C=O) groups excluding carboxylic acids is 4. The Labute approximate surface area is 222 Å². The van der Waals surface area contributed by atoms with Crippen LogP contribution in [-0.4, -0.2) is 42.4 Å². The van der Waals surface area contributed by atoms with E-state index in [-0.39, 0.29) is 41.0 Å². The zero-order valence-corrected chi connectivity index (χ0v) is 20.8. The highest BCUT2D eigenvalue weighted by Gasteiger charge is 2.37. The largest absolute Gasteiger partial charge is 0.493 e. The molecule has 3 aromatic rings. The average molecular weight is 530 g/mol. The van der Waals surface area contributed by atoms with Crippen LogP contribution in [0, 0.1) is 17.0 Å². The van der Waals surface area contributed by atoms with E-state index in [9.17, 15) is 29.3 Å². The molecule has 4 rings (SSSR count). The Balaban J connectivity index is 1.53. The highest BCUT2D eigenvalue weighted by Crippen LogP contribution is 2.30. The summed E-state index contributed by atoms with van der Waals surface area (Å²) < 4.78 is 10.9. The summed E-state index contributed by atoms with van der Waals surface area (Å²) in [6, 6.07) is 15.7. The fourth-order valence-corrected chi connectivity index (χ4v) is 3.74. The maximum Gasteiger partial charge on any atom is 0.335 e. The molecule has 1 aliphatic rings. The average Bonchev–Trinajstić information content (AvgIpc) is 2.91. The van der Waals surface area contributed by atoms with Gasteiger partial charge in [-0.25, -0.2) is 9.69 Å². The molecule has 1 heterocycles. The van der Waals surface area contributed by atoms with E-state index in [0.717, 1.165) is 11.6 Å². The Bertz CT molecular complexity index is 1530. The van der Waals surface area contributed by atoms with Gasteiger partial charge in [-0.3, -0.25) is 29.8 Å². The van der Waals surface area contributed by atoms with Gasteiger partial charge in [-0.2, -0.15) is 0 Å². The molecule has 0 aliphatic carbocycles. The number of hydrogen-bond acceptors (Lipinski definition) is 8. The van der Waals surface area contributed by atoms with Crippen molar-refractivity contribution in [3.8, 4) is 11.5 Å². The second-order valence-electron chi connectivity index (χ2n) is 8.30. The second-order valence-corrected chi connectivity index (χ2v) is 8.30. The minimum Gasteiger partial charge on any atom is -0.493 e. The monoisotopic (exact) mass is 530 g/mol. The fourth-order valence-electron chi connectivity index (χ4n) is 3.74. The fraction of sp³-hybridized carbons (Fsp3) is 0.111. The predicted octanol–water partition coefficient (Wildman–Crippen LogP) is 3.60. The quantitative estimate of drug-likeness (QED) is 0.194. The third-order valence-electron chi connectivity index (χ3n) is 5.68. The molecule has 3 aromatic carbocycles. The van der Waals surface area contributed by atoms with Gasteiger partial charge in [0.15, 0.2) is 18.1 Å². The van der Waals surface area contributed by atoms with Crippen molar-refractivity contribution in [1.82, 2.24) is 5.32 Å². The van der Waals surface area contributed by atoms with E-state index in [1.165, 1.54) is 49.6 Å². The molecule has 0 aromatic heterocycles. The molecule has 5 amide bonds. The van der Waals surface area contributed by atoms with Crippen LogP contribution in [0.15, 0.2) is 72.3 Å². The number of amides is 5. The minimum atomic E-state index is -1.03. The van der Waals surface area contributed by atoms with Crippen molar-refractivity contribution >= 4 is 46.9 Å². The summed E-state index contributed by atoms with van der Waals surface area (Å²) in [5, 5.41) is 15.9. The summed E-state index contributed by atoms with van der Waals surface area (Å²) in [6.45, 7) is 1.56. The van der Waals surface area contributed by atoms with E-state index in [4.69, 9.17) is 9.47 Å². The number of methoxy groups -OCH3 is 1. The normalized spacial score (nSPS) is 14.2. The van der Waals surface area contributed by atoms with Crippen LogP contribution in [0.25, 0.3) is 6.08 Å². The van der Waals surface area contributed by atoms with Crippen LogP contribution in [0.1, 0.15) is 11.1 Å². The third kappa shape index (κ3) is 5.91. The Morgan fingerprint density at radius 3 is 2.54 bits per heavy atom. The van der Waals surface area contributed by atoms with Gasteiger partial charge in [-0.1, -0.05) is 30.3 Å². The lowest BCUT2D eigenvalue weighted by Crippen LogP contribution is -2.54. The van der Waals surface area contributed by atoms with Gasteiger partial charge in [0.05, 0.1) is 17.7 Å². The number of urea groups is 1. The minimum absolute atomic E-state index is 0.0737. The highest BCUT2D eigenvalue weighted by molar-refractivity contribution is 6.39. The first-order chi connectivity index (χ1) is 18.7. The Kier molecular flexibility index (Phi) is 7.66. The van der Waals surface area contributed by atoms with Gasteiger partial charge >= 0.3 is 6.03 Å². The number of aryl methyl sites for hydroxylation is 1. The van der Waals surface area contributed by atoms with E-state index in [1.807, 2.05) is 19.1 Å². The maximum atomic E-state index is 13.1. The maximum absolute atomic E-state index is 13.1. The highest BCUT2D eigenvalue weighted by atomic mass is 16.6. The number of imide groups is 2. The third-order valence-corrected chi connectivity index (χ3v) is 5.68. The van der Waals surface area contributed by atoms with Crippen molar-refractivity contribution in [3.63, 3.8) is 0 Å². The number of barbiturate groups is 1. The van der Waals surface area contributed by atoms with Crippen LogP contribution < -0.4 is 25.0 Å². The Morgan fingerprint density at radius 2 is 1.82 bits per heavy atom. The first-order valence-electron chi connectivity index (χ1n) is 11.5. The van der Waals surface area contributed by atoms with Crippen LogP contribution >= 0.6 is 0 Å². The number of para-hydroxylation sites is 1. The lowest BCUT2D eigenvalue weighted by Gasteiger charge is -2.26. The standard InChI is InChI=1S/C27H22N4O8/c1-16-6-3-4-9-21(16)28-24(32)15-39-22-11-10-17(13-23(22)38-2)12-20-25(33)29-27(35)30(26(20)34)18-7-5-8-19(14-18)31(36)37/h3-14H,15H2,1-2H3,(H,28,32)(H,29,33,35)/b20-12-. The summed E-state index contributed by atoms with van der Waals surface area (Å²) >= 11 is 0. The molecular weight excluding hydrogens is 508 g/mol. The number of hydrogen-bond donors (Lipinski definition) is 2. The van der Waals surface area contributed by atoms with E-state index in [2.05, 4.69) is 10.6 Å². The Hall–Kier alpha value is -5.52. The number of ether oxygens (including phenoxy) is 2. The molecule has 0 atom stereocenters. The molecule has 0 unspecified atom stereocenters. The van der Waals surface area contributed by atoms with Gasteiger partial charge < -0.3 is 14.8 Å². The van der Waals surface area contributed by atoms with E-state index < -0.39 is 22.8 Å². The molecule has 198 valence electrons. The van der Waals surface area contributed by atoms with Crippen molar-refractivity contribution in [2.75, 3.05) is 23.9 Å². The summed E-state index contributed by atoms with van der Waals surface area (Å²) in [5.41, 5.74) is 1.13. The molecule has 1 fully saturated rings. The topological polar surface area (TPSA) is 157 Å². The summed E-state index contributed by atoms with van der Waals surface area (Å²) in [5.74, 6) is -1.81. The van der Waals surface area contributed by atoms with Gasteiger partial charge in [-0.05, 0) is 48.4 Å². The van der Waals surface area contributed by atoms with E-state index >= 15 is 0 Å². The Morgan fingerprint density at radius 1 is 1.05 bits per heavy atom. The molecular formula is C27H22N4O8. The van der Waals surface area contributed by atoms with Crippen molar-refractivity contribution in [2.45, 2.75) is 6.92 Å². The number of nitrogens with zero attached hydrogens (tertiary/aromatic N) is 2. The molecule has 2 N–H and O–H groups in total. The molecule has 1 aliphatic heterocycles. The van der Waals surface area contributed by atoms with Crippen LogP contribution in [0.5, 0.6) is 11.5 Å². The first kappa shape index (κ1) is 26.5. The van der Waals surface area contributed by atoms with Crippen molar-refractivity contribution in [1.29, 1.82) is 0 Å². The van der Waals surface area contributed by atoms with E-state index in [1.54, 1.807) is 12.1 Å². The predicted molar refractivity (Wildman–Crippen MR) is 140 cm³/mol. The summed E-state index contributed by atoms with van der Waals surface area (Å²) in [7, 11) is 1.38. The van der Waals surface area contributed by atoms with Crippen molar-refractivity contribution < 1.29 is 33.6 Å². The molecule has 39 heavy (non-hydrogen) atoms. The van der Waals surface area contributed by atoms with Gasteiger partial charge in [0.1, 0.15) is 5.57 Å². The van der Waals surface area contributed by atoms with Crippen LogP contribution in [0.2, 0.25) is 0 Å².